The van der Waals surface area contributed by atoms with Gasteiger partial charge in [0.15, 0.2) is 0 Å². The summed E-state index contributed by atoms with van der Waals surface area (Å²) in [5, 5.41) is 2.99. The Hall–Kier alpha value is -2.28. The van der Waals surface area contributed by atoms with Crippen molar-refractivity contribution in [2.45, 2.75) is 31.4 Å². The standard InChI is InChI=1S/C20H28N4O3/c1-22-8-4-6-17(22)19(25)23-9-11-24(12-10-23)20(26)21-14-16-13-15-5-2-3-7-18(15)27-16/h2-3,5,7,16-17H,4,6,8-14H2,1H3,(H,21,26). The summed E-state index contributed by atoms with van der Waals surface area (Å²) in [4.78, 5) is 30.9. The molecule has 7 heteroatoms. The van der Waals surface area contributed by atoms with Gasteiger partial charge in [0.25, 0.3) is 0 Å². The molecule has 1 aromatic rings. The first-order chi connectivity index (χ1) is 13.1. The molecule has 7 nitrogen and oxygen atoms in total. The number of urea groups is 1. The lowest BCUT2D eigenvalue weighted by atomic mass is 10.1. The minimum absolute atomic E-state index is 0.00730. The number of carbonyl (C=O) groups is 2. The molecule has 3 amide bonds. The Morgan fingerprint density at radius 2 is 1.85 bits per heavy atom. The van der Waals surface area contributed by atoms with Crippen LogP contribution in [0.1, 0.15) is 18.4 Å². The zero-order valence-corrected chi connectivity index (χ0v) is 15.9. The molecular weight excluding hydrogens is 344 g/mol. The van der Waals surface area contributed by atoms with Crippen LogP contribution in [0.15, 0.2) is 24.3 Å². The second-order valence-corrected chi connectivity index (χ2v) is 7.69. The normalized spacial score (nSPS) is 25.2. The van der Waals surface area contributed by atoms with Gasteiger partial charge < -0.3 is 19.9 Å². The number of likely N-dealkylation sites (N-methyl/N-ethyl adjacent to an activating group) is 1. The maximum Gasteiger partial charge on any atom is 0.317 e. The summed E-state index contributed by atoms with van der Waals surface area (Å²) in [6, 6.07) is 7.95. The van der Waals surface area contributed by atoms with E-state index in [1.165, 1.54) is 5.56 Å². The Morgan fingerprint density at radius 1 is 1.11 bits per heavy atom. The lowest BCUT2D eigenvalue weighted by Gasteiger charge is -2.36. The van der Waals surface area contributed by atoms with Gasteiger partial charge in [0.2, 0.25) is 5.91 Å². The summed E-state index contributed by atoms with van der Waals surface area (Å²) in [5.41, 5.74) is 1.20. The van der Waals surface area contributed by atoms with Crippen molar-refractivity contribution in [2.24, 2.45) is 0 Å². The molecule has 2 unspecified atom stereocenters. The van der Waals surface area contributed by atoms with E-state index < -0.39 is 0 Å². The fraction of sp³-hybridized carbons (Fsp3) is 0.600. The average molecular weight is 372 g/mol. The quantitative estimate of drug-likeness (QED) is 0.858. The number of benzene rings is 1. The molecule has 1 aromatic carbocycles. The topological polar surface area (TPSA) is 65.1 Å². The highest BCUT2D eigenvalue weighted by molar-refractivity contribution is 5.82. The molecule has 3 aliphatic heterocycles. The lowest BCUT2D eigenvalue weighted by Crippen LogP contribution is -2.56. The first-order valence-electron chi connectivity index (χ1n) is 9.88. The zero-order chi connectivity index (χ0) is 18.8. The molecule has 0 aliphatic carbocycles. The third-order valence-electron chi connectivity index (χ3n) is 5.88. The fourth-order valence-electron chi connectivity index (χ4n) is 4.24. The number of hydrogen-bond acceptors (Lipinski definition) is 4. The highest BCUT2D eigenvalue weighted by atomic mass is 16.5. The second kappa shape index (κ2) is 7.76. The van der Waals surface area contributed by atoms with Gasteiger partial charge >= 0.3 is 6.03 Å². The van der Waals surface area contributed by atoms with Gasteiger partial charge in [-0.25, -0.2) is 4.79 Å². The zero-order valence-electron chi connectivity index (χ0n) is 15.9. The van der Waals surface area contributed by atoms with Crippen molar-refractivity contribution in [2.75, 3.05) is 46.3 Å². The maximum atomic E-state index is 12.6. The monoisotopic (exact) mass is 372 g/mol. The van der Waals surface area contributed by atoms with Gasteiger partial charge in [-0.05, 0) is 38.1 Å². The number of para-hydroxylation sites is 1. The first-order valence-corrected chi connectivity index (χ1v) is 9.88. The summed E-state index contributed by atoms with van der Waals surface area (Å²) in [5.74, 6) is 1.13. The highest BCUT2D eigenvalue weighted by Crippen LogP contribution is 2.27. The summed E-state index contributed by atoms with van der Waals surface area (Å²) in [6.45, 7) is 3.88. The summed E-state index contributed by atoms with van der Waals surface area (Å²) in [7, 11) is 2.02. The van der Waals surface area contributed by atoms with Crippen molar-refractivity contribution in [1.29, 1.82) is 0 Å². The fourth-order valence-corrected chi connectivity index (χ4v) is 4.24. The summed E-state index contributed by atoms with van der Waals surface area (Å²) < 4.78 is 5.87. The lowest BCUT2D eigenvalue weighted by molar-refractivity contribution is -0.137. The smallest absolute Gasteiger partial charge is 0.317 e. The Bertz CT molecular complexity index is 677. The minimum Gasteiger partial charge on any atom is -0.488 e. The molecule has 2 fully saturated rings. The van der Waals surface area contributed by atoms with Gasteiger partial charge in [-0.1, -0.05) is 18.2 Å². The predicted octanol–water partition coefficient (Wildman–Crippen LogP) is 0.938. The summed E-state index contributed by atoms with van der Waals surface area (Å²) in [6.07, 6.45) is 2.85. The van der Waals surface area contributed by atoms with Gasteiger partial charge in [-0.3, -0.25) is 9.69 Å². The van der Waals surface area contributed by atoms with E-state index in [-0.39, 0.29) is 24.1 Å². The van der Waals surface area contributed by atoms with E-state index >= 15 is 0 Å². The van der Waals surface area contributed by atoms with Crippen molar-refractivity contribution in [3.63, 3.8) is 0 Å². The highest BCUT2D eigenvalue weighted by Gasteiger charge is 2.33. The van der Waals surface area contributed by atoms with Gasteiger partial charge in [0, 0.05) is 32.6 Å². The number of nitrogens with zero attached hydrogens (tertiary/aromatic N) is 3. The van der Waals surface area contributed by atoms with Crippen molar-refractivity contribution in [3.8, 4) is 5.75 Å². The van der Waals surface area contributed by atoms with E-state index in [1.54, 1.807) is 4.90 Å². The predicted molar refractivity (Wildman–Crippen MR) is 102 cm³/mol. The molecule has 0 spiro atoms. The van der Waals surface area contributed by atoms with Gasteiger partial charge in [-0.2, -0.15) is 0 Å². The third-order valence-corrected chi connectivity index (χ3v) is 5.88. The molecule has 0 aromatic heterocycles. The van der Waals surface area contributed by atoms with Crippen molar-refractivity contribution >= 4 is 11.9 Å². The van der Waals surface area contributed by atoms with Gasteiger partial charge in [0.05, 0.1) is 12.6 Å². The van der Waals surface area contributed by atoms with Crippen LogP contribution in [0.2, 0.25) is 0 Å². The Morgan fingerprint density at radius 3 is 2.56 bits per heavy atom. The Balaban J connectivity index is 1.21. The van der Waals surface area contributed by atoms with E-state index in [9.17, 15) is 9.59 Å². The van der Waals surface area contributed by atoms with Crippen LogP contribution in [-0.2, 0) is 11.2 Å². The number of fused-ring (bicyclic) bond motifs is 1. The number of carbonyl (C=O) groups excluding carboxylic acids is 2. The third kappa shape index (κ3) is 3.88. The van der Waals surface area contributed by atoms with E-state index in [4.69, 9.17) is 4.74 Å². The number of amides is 3. The molecule has 4 rings (SSSR count). The van der Waals surface area contributed by atoms with Crippen LogP contribution >= 0.6 is 0 Å². The van der Waals surface area contributed by atoms with Crippen molar-refractivity contribution < 1.29 is 14.3 Å². The molecule has 0 bridgehead atoms. The van der Waals surface area contributed by atoms with E-state index in [2.05, 4.69) is 16.3 Å². The van der Waals surface area contributed by atoms with Crippen LogP contribution in [0.3, 0.4) is 0 Å². The number of likely N-dealkylation sites (tertiary alicyclic amines) is 1. The molecule has 1 N–H and O–H groups in total. The molecule has 146 valence electrons. The molecular formula is C20H28N4O3. The largest absolute Gasteiger partial charge is 0.488 e. The number of piperazine rings is 1. The van der Waals surface area contributed by atoms with Crippen LogP contribution < -0.4 is 10.1 Å². The molecule has 3 heterocycles. The second-order valence-electron chi connectivity index (χ2n) is 7.69. The van der Waals surface area contributed by atoms with E-state index in [1.807, 2.05) is 30.1 Å². The number of rotatable bonds is 3. The van der Waals surface area contributed by atoms with Crippen molar-refractivity contribution in [1.82, 2.24) is 20.0 Å². The van der Waals surface area contributed by atoms with Crippen LogP contribution in [0.5, 0.6) is 5.75 Å². The molecule has 2 saturated heterocycles. The van der Waals surface area contributed by atoms with Crippen LogP contribution in [0.4, 0.5) is 4.79 Å². The molecule has 3 aliphatic rings. The summed E-state index contributed by atoms with van der Waals surface area (Å²) >= 11 is 0. The van der Waals surface area contributed by atoms with Crippen LogP contribution in [-0.4, -0.2) is 85.1 Å². The first kappa shape index (κ1) is 18.1. The SMILES string of the molecule is CN1CCCC1C(=O)N1CCN(C(=O)NCC2Cc3ccccc3O2)CC1. The van der Waals surface area contributed by atoms with Gasteiger partial charge in [0.1, 0.15) is 11.9 Å². The Labute approximate surface area is 160 Å². The molecule has 0 saturated carbocycles. The van der Waals surface area contributed by atoms with E-state index in [0.29, 0.717) is 32.7 Å². The van der Waals surface area contributed by atoms with Crippen molar-refractivity contribution in [3.05, 3.63) is 29.8 Å². The number of nitrogens with one attached hydrogen (secondary N) is 1. The van der Waals surface area contributed by atoms with Crippen LogP contribution in [0.25, 0.3) is 0 Å². The van der Waals surface area contributed by atoms with E-state index in [0.717, 1.165) is 31.6 Å². The molecule has 0 radical (unpaired) electrons. The minimum atomic E-state index is -0.0698. The number of hydrogen-bond donors (Lipinski definition) is 1. The average Bonchev–Trinajstić information content (AvgIpc) is 3.31. The Kier molecular flexibility index (Phi) is 5.20. The molecule has 2 atom stereocenters. The molecule has 27 heavy (non-hydrogen) atoms. The van der Waals surface area contributed by atoms with Crippen LogP contribution in [0, 0.1) is 0 Å². The maximum absolute atomic E-state index is 12.6. The van der Waals surface area contributed by atoms with Gasteiger partial charge in [-0.15, -0.1) is 0 Å². The number of ether oxygens (including phenoxy) is 1.